The van der Waals surface area contributed by atoms with Gasteiger partial charge in [-0.15, -0.1) is 0 Å². The molecule has 0 spiro atoms. The molecule has 21 heavy (non-hydrogen) atoms. The summed E-state index contributed by atoms with van der Waals surface area (Å²) in [5.41, 5.74) is 0.601. The highest BCUT2D eigenvalue weighted by molar-refractivity contribution is 5.87. The molecule has 0 aliphatic carbocycles. The van der Waals surface area contributed by atoms with Crippen LogP contribution >= 0.6 is 0 Å². The molecule has 0 saturated carbocycles. The van der Waals surface area contributed by atoms with Crippen LogP contribution in [-0.4, -0.2) is 29.3 Å². The summed E-state index contributed by atoms with van der Waals surface area (Å²) in [6.07, 6.45) is 0. The average molecular weight is 290 g/mol. The van der Waals surface area contributed by atoms with Gasteiger partial charge in [0.1, 0.15) is 0 Å². The second-order valence-electron chi connectivity index (χ2n) is 6.53. The number of hydrogen-bond donors (Lipinski definition) is 1. The van der Waals surface area contributed by atoms with Crippen LogP contribution in [0, 0.1) is 5.41 Å². The molecule has 0 radical (unpaired) electrons. The lowest BCUT2D eigenvalue weighted by molar-refractivity contribution is -0.136. The van der Waals surface area contributed by atoms with Crippen LogP contribution in [0.4, 0.5) is 0 Å². The van der Waals surface area contributed by atoms with Crippen LogP contribution in [0.2, 0.25) is 0 Å². The lowest BCUT2D eigenvalue weighted by atomic mass is 9.96. The van der Waals surface area contributed by atoms with E-state index in [1.165, 1.54) is 0 Å². The molecule has 0 bridgehead atoms. The zero-order chi connectivity index (χ0) is 16.0. The van der Waals surface area contributed by atoms with Crippen LogP contribution in [0.1, 0.15) is 40.2 Å². The molecule has 0 fully saturated rings. The van der Waals surface area contributed by atoms with Gasteiger partial charge in [0.2, 0.25) is 11.8 Å². The van der Waals surface area contributed by atoms with E-state index in [1.54, 1.807) is 4.90 Å². The normalized spacial score (nSPS) is 11.3. The van der Waals surface area contributed by atoms with Gasteiger partial charge < -0.3 is 10.2 Å². The van der Waals surface area contributed by atoms with Crippen LogP contribution in [0.15, 0.2) is 30.3 Å². The maximum Gasteiger partial charge on any atom is 0.242 e. The molecule has 1 aromatic carbocycles. The van der Waals surface area contributed by atoms with Gasteiger partial charge >= 0.3 is 0 Å². The molecular formula is C17H26N2O2. The molecule has 0 aromatic heterocycles. The zero-order valence-corrected chi connectivity index (χ0v) is 13.6. The van der Waals surface area contributed by atoms with Gasteiger partial charge in [0.15, 0.2) is 0 Å². The maximum absolute atomic E-state index is 12.3. The highest BCUT2D eigenvalue weighted by atomic mass is 16.2. The summed E-state index contributed by atoms with van der Waals surface area (Å²) in [5, 5.41) is 2.71. The number of carbonyl (C=O) groups is 2. The van der Waals surface area contributed by atoms with E-state index < -0.39 is 5.41 Å². The Hall–Kier alpha value is -1.84. The fourth-order valence-corrected chi connectivity index (χ4v) is 1.86. The first-order valence-corrected chi connectivity index (χ1v) is 7.33. The van der Waals surface area contributed by atoms with Crippen LogP contribution in [0.3, 0.4) is 0 Å². The summed E-state index contributed by atoms with van der Waals surface area (Å²) >= 11 is 0. The topological polar surface area (TPSA) is 49.4 Å². The van der Waals surface area contributed by atoms with Crippen molar-refractivity contribution < 1.29 is 9.59 Å². The van der Waals surface area contributed by atoms with E-state index in [2.05, 4.69) is 5.32 Å². The Morgan fingerprint density at radius 2 is 1.71 bits per heavy atom. The Bertz CT molecular complexity index is 475. The standard InChI is InChI=1S/C17H26N2O2/c1-13(2)19(12-14-9-7-6-8-10-14)15(20)11-18-16(21)17(3,4)5/h6-10,13H,11-12H2,1-5H3,(H,18,21). The van der Waals surface area contributed by atoms with E-state index in [9.17, 15) is 9.59 Å². The summed E-state index contributed by atoms with van der Waals surface area (Å²) < 4.78 is 0. The van der Waals surface area contributed by atoms with Gasteiger partial charge in [0, 0.05) is 18.0 Å². The molecule has 2 amide bonds. The number of nitrogens with one attached hydrogen (secondary N) is 1. The fraction of sp³-hybridized carbons (Fsp3) is 0.529. The van der Waals surface area contributed by atoms with Gasteiger partial charge in [-0.05, 0) is 19.4 Å². The maximum atomic E-state index is 12.3. The lowest BCUT2D eigenvalue weighted by Crippen LogP contribution is -2.45. The molecule has 0 saturated heterocycles. The molecule has 1 rings (SSSR count). The first kappa shape index (κ1) is 17.2. The van der Waals surface area contributed by atoms with Crippen LogP contribution in [0.25, 0.3) is 0 Å². The number of carbonyl (C=O) groups excluding carboxylic acids is 2. The monoisotopic (exact) mass is 290 g/mol. The number of amides is 2. The van der Waals surface area contributed by atoms with E-state index in [1.807, 2.05) is 65.0 Å². The van der Waals surface area contributed by atoms with E-state index >= 15 is 0 Å². The van der Waals surface area contributed by atoms with Gasteiger partial charge in [0.25, 0.3) is 0 Å². The average Bonchev–Trinajstić information content (AvgIpc) is 2.41. The number of nitrogens with zero attached hydrogens (tertiary/aromatic N) is 1. The third kappa shape index (κ3) is 5.58. The minimum Gasteiger partial charge on any atom is -0.347 e. The lowest BCUT2D eigenvalue weighted by Gasteiger charge is -2.28. The van der Waals surface area contributed by atoms with E-state index in [-0.39, 0.29) is 24.4 Å². The van der Waals surface area contributed by atoms with Crippen LogP contribution in [0.5, 0.6) is 0 Å². The van der Waals surface area contributed by atoms with Crippen molar-refractivity contribution in [1.29, 1.82) is 0 Å². The van der Waals surface area contributed by atoms with Crippen molar-refractivity contribution in [3.63, 3.8) is 0 Å². The predicted molar refractivity (Wildman–Crippen MR) is 84.6 cm³/mol. The van der Waals surface area contributed by atoms with Gasteiger partial charge in [-0.1, -0.05) is 51.1 Å². The highest BCUT2D eigenvalue weighted by Crippen LogP contribution is 2.13. The van der Waals surface area contributed by atoms with E-state index in [4.69, 9.17) is 0 Å². The second kappa shape index (κ2) is 7.25. The smallest absolute Gasteiger partial charge is 0.242 e. The molecule has 4 nitrogen and oxygen atoms in total. The Labute approximate surface area is 127 Å². The first-order valence-electron chi connectivity index (χ1n) is 7.33. The molecule has 0 atom stereocenters. The molecular weight excluding hydrogens is 264 g/mol. The largest absolute Gasteiger partial charge is 0.347 e. The summed E-state index contributed by atoms with van der Waals surface area (Å²) in [6.45, 7) is 10.0. The Balaban J connectivity index is 2.65. The molecule has 1 N–H and O–H groups in total. The van der Waals surface area contributed by atoms with Crippen molar-refractivity contribution >= 4 is 11.8 Å². The van der Waals surface area contributed by atoms with E-state index in [0.29, 0.717) is 6.54 Å². The number of benzene rings is 1. The van der Waals surface area contributed by atoms with Crippen molar-refractivity contribution in [2.24, 2.45) is 5.41 Å². The summed E-state index contributed by atoms with van der Waals surface area (Å²) in [7, 11) is 0. The highest BCUT2D eigenvalue weighted by Gasteiger charge is 2.23. The van der Waals surface area contributed by atoms with Crippen molar-refractivity contribution in [2.45, 2.75) is 47.2 Å². The SMILES string of the molecule is CC(C)N(Cc1ccccc1)C(=O)CNC(=O)C(C)(C)C. The molecule has 0 heterocycles. The minimum absolute atomic E-state index is 0.0428. The van der Waals surface area contributed by atoms with Gasteiger partial charge in [-0.25, -0.2) is 0 Å². The molecule has 1 aromatic rings. The third-order valence-electron chi connectivity index (χ3n) is 3.22. The van der Waals surface area contributed by atoms with Crippen LogP contribution in [-0.2, 0) is 16.1 Å². The predicted octanol–water partition coefficient (Wildman–Crippen LogP) is 2.59. The van der Waals surface area contributed by atoms with Gasteiger partial charge in [-0.2, -0.15) is 0 Å². The molecule has 0 unspecified atom stereocenters. The van der Waals surface area contributed by atoms with Gasteiger partial charge in [0.05, 0.1) is 6.54 Å². The van der Waals surface area contributed by atoms with Crippen molar-refractivity contribution in [1.82, 2.24) is 10.2 Å². The summed E-state index contributed by atoms with van der Waals surface area (Å²) in [6, 6.07) is 9.95. The molecule has 0 aliphatic heterocycles. The third-order valence-corrected chi connectivity index (χ3v) is 3.22. The van der Waals surface area contributed by atoms with Crippen molar-refractivity contribution in [3.05, 3.63) is 35.9 Å². The number of hydrogen-bond acceptors (Lipinski definition) is 2. The Morgan fingerprint density at radius 3 is 2.19 bits per heavy atom. The first-order chi connectivity index (χ1) is 9.71. The molecule has 116 valence electrons. The Kier molecular flexibility index (Phi) is 5.94. The zero-order valence-electron chi connectivity index (χ0n) is 13.6. The molecule has 4 heteroatoms. The minimum atomic E-state index is -0.484. The quantitative estimate of drug-likeness (QED) is 0.906. The van der Waals surface area contributed by atoms with Gasteiger partial charge in [-0.3, -0.25) is 9.59 Å². The summed E-state index contributed by atoms with van der Waals surface area (Å²) in [4.78, 5) is 25.9. The van der Waals surface area contributed by atoms with Crippen molar-refractivity contribution in [3.8, 4) is 0 Å². The number of rotatable bonds is 5. The molecule has 0 aliphatic rings. The second-order valence-corrected chi connectivity index (χ2v) is 6.53. The summed E-state index contributed by atoms with van der Waals surface area (Å²) in [5.74, 6) is -0.175. The van der Waals surface area contributed by atoms with Crippen LogP contribution < -0.4 is 5.32 Å². The van der Waals surface area contributed by atoms with Crippen molar-refractivity contribution in [2.75, 3.05) is 6.54 Å². The fourth-order valence-electron chi connectivity index (χ4n) is 1.86. The Morgan fingerprint density at radius 1 is 1.14 bits per heavy atom. The van der Waals surface area contributed by atoms with E-state index in [0.717, 1.165) is 5.56 Å².